The van der Waals surface area contributed by atoms with E-state index in [0.717, 1.165) is 6.54 Å². The molecule has 1 N–H and O–H groups in total. The molecule has 2 unspecified atom stereocenters. The number of aliphatic hydroxyl groups excluding tert-OH is 1. The highest BCUT2D eigenvalue weighted by atomic mass is 16.3. The maximum absolute atomic E-state index is 12.2. The molecule has 0 radical (unpaired) electrons. The van der Waals surface area contributed by atoms with Crippen molar-refractivity contribution < 1.29 is 9.90 Å². The smallest absolute Gasteiger partial charge is 0.242 e. The maximum Gasteiger partial charge on any atom is 0.242 e. The van der Waals surface area contributed by atoms with Crippen molar-refractivity contribution in [3.8, 4) is 0 Å². The Morgan fingerprint density at radius 3 is 2.39 bits per heavy atom. The van der Waals surface area contributed by atoms with E-state index in [1.54, 1.807) is 4.90 Å². The molecular weight excluding hydrogens is 228 g/mol. The summed E-state index contributed by atoms with van der Waals surface area (Å²) in [4.78, 5) is 16.3. The van der Waals surface area contributed by atoms with Gasteiger partial charge < -0.3 is 10.0 Å². The third-order valence-corrected chi connectivity index (χ3v) is 4.64. The molecule has 0 aromatic heterocycles. The van der Waals surface area contributed by atoms with Crippen LogP contribution in [0.15, 0.2) is 0 Å². The van der Waals surface area contributed by atoms with Crippen LogP contribution in [0.2, 0.25) is 0 Å². The van der Waals surface area contributed by atoms with Crippen LogP contribution in [0.25, 0.3) is 0 Å². The minimum Gasteiger partial charge on any atom is -0.394 e. The van der Waals surface area contributed by atoms with Crippen molar-refractivity contribution in [1.29, 1.82) is 0 Å². The zero-order chi connectivity index (χ0) is 13.1. The van der Waals surface area contributed by atoms with E-state index in [1.165, 1.54) is 38.5 Å². The molecule has 0 spiro atoms. The molecule has 1 saturated carbocycles. The highest BCUT2D eigenvalue weighted by Gasteiger charge is 2.39. The third-order valence-electron chi connectivity index (χ3n) is 4.64. The summed E-state index contributed by atoms with van der Waals surface area (Å²) >= 11 is 0. The lowest BCUT2D eigenvalue weighted by atomic mass is 10.00. The van der Waals surface area contributed by atoms with E-state index in [1.807, 2.05) is 7.05 Å². The van der Waals surface area contributed by atoms with E-state index in [9.17, 15) is 9.90 Å². The van der Waals surface area contributed by atoms with Gasteiger partial charge in [-0.2, -0.15) is 0 Å². The number of amides is 1. The third kappa shape index (κ3) is 2.69. The standard InChI is InChI=1S/C14H26N2O2/c1-11-9-16(12-7-5-3-4-6-8-12)13(10-17)14(18)15(11)2/h11-13,17H,3-10H2,1-2H3. The van der Waals surface area contributed by atoms with E-state index >= 15 is 0 Å². The summed E-state index contributed by atoms with van der Waals surface area (Å²) in [6.45, 7) is 2.94. The molecule has 2 atom stereocenters. The summed E-state index contributed by atoms with van der Waals surface area (Å²) in [5, 5.41) is 9.55. The largest absolute Gasteiger partial charge is 0.394 e. The summed E-state index contributed by atoms with van der Waals surface area (Å²) in [5.41, 5.74) is 0. The SMILES string of the molecule is CC1CN(C2CCCCCC2)C(CO)C(=O)N1C. The van der Waals surface area contributed by atoms with Crippen molar-refractivity contribution in [3.63, 3.8) is 0 Å². The summed E-state index contributed by atoms with van der Waals surface area (Å²) in [7, 11) is 1.85. The second-order valence-electron chi connectivity index (χ2n) is 5.84. The Hall–Kier alpha value is -0.610. The lowest BCUT2D eigenvalue weighted by Crippen LogP contribution is -2.63. The first-order chi connectivity index (χ1) is 8.65. The highest BCUT2D eigenvalue weighted by molar-refractivity contribution is 5.83. The number of carbonyl (C=O) groups excluding carboxylic acids is 1. The van der Waals surface area contributed by atoms with Gasteiger partial charge in [0.25, 0.3) is 0 Å². The minimum atomic E-state index is -0.311. The van der Waals surface area contributed by atoms with Gasteiger partial charge in [0, 0.05) is 25.7 Å². The molecule has 2 fully saturated rings. The van der Waals surface area contributed by atoms with Gasteiger partial charge in [-0.1, -0.05) is 25.7 Å². The van der Waals surface area contributed by atoms with Crippen LogP contribution in [0.1, 0.15) is 45.4 Å². The van der Waals surface area contributed by atoms with Crippen LogP contribution >= 0.6 is 0 Å². The average molecular weight is 254 g/mol. The quantitative estimate of drug-likeness (QED) is 0.754. The molecule has 18 heavy (non-hydrogen) atoms. The van der Waals surface area contributed by atoms with Crippen LogP contribution in [0.3, 0.4) is 0 Å². The van der Waals surface area contributed by atoms with Crippen LogP contribution in [0.4, 0.5) is 0 Å². The number of hydrogen-bond donors (Lipinski definition) is 1. The summed E-state index contributed by atoms with van der Waals surface area (Å²) in [5.74, 6) is 0.0838. The van der Waals surface area contributed by atoms with Gasteiger partial charge in [0.2, 0.25) is 5.91 Å². The van der Waals surface area contributed by atoms with Gasteiger partial charge in [0.1, 0.15) is 6.04 Å². The van der Waals surface area contributed by atoms with Gasteiger partial charge in [0.05, 0.1) is 6.61 Å². The van der Waals surface area contributed by atoms with Crippen molar-refractivity contribution in [1.82, 2.24) is 9.80 Å². The fraction of sp³-hybridized carbons (Fsp3) is 0.929. The van der Waals surface area contributed by atoms with Crippen LogP contribution in [-0.2, 0) is 4.79 Å². The molecular formula is C14H26N2O2. The first kappa shape index (κ1) is 13.8. The van der Waals surface area contributed by atoms with E-state index in [2.05, 4.69) is 11.8 Å². The Kier molecular flexibility index (Phi) is 4.62. The summed E-state index contributed by atoms with van der Waals surface area (Å²) in [6.07, 6.45) is 7.52. The van der Waals surface area contributed by atoms with Gasteiger partial charge in [-0.3, -0.25) is 9.69 Å². The van der Waals surface area contributed by atoms with Crippen molar-refractivity contribution in [2.75, 3.05) is 20.2 Å². The molecule has 4 heteroatoms. The first-order valence-corrected chi connectivity index (χ1v) is 7.28. The number of hydrogen-bond acceptors (Lipinski definition) is 3. The lowest BCUT2D eigenvalue weighted by Gasteiger charge is -2.46. The predicted octanol–water partition coefficient (Wildman–Crippen LogP) is 1.23. The molecule has 0 aromatic carbocycles. The number of likely N-dealkylation sites (N-methyl/N-ethyl adjacent to an activating group) is 1. The molecule has 0 bridgehead atoms. The van der Waals surface area contributed by atoms with E-state index < -0.39 is 0 Å². The molecule has 0 aromatic rings. The molecule has 104 valence electrons. The maximum atomic E-state index is 12.2. The van der Waals surface area contributed by atoms with Crippen molar-refractivity contribution >= 4 is 5.91 Å². The minimum absolute atomic E-state index is 0.0492. The second-order valence-corrected chi connectivity index (χ2v) is 5.84. The molecule has 1 saturated heterocycles. The Bertz CT molecular complexity index is 288. The number of piperazine rings is 1. The van der Waals surface area contributed by atoms with Gasteiger partial charge >= 0.3 is 0 Å². The molecule has 1 aliphatic carbocycles. The molecule has 4 nitrogen and oxygen atoms in total. The van der Waals surface area contributed by atoms with Crippen LogP contribution in [-0.4, -0.2) is 59.1 Å². The van der Waals surface area contributed by atoms with E-state index in [-0.39, 0.29) is 24.6 Å². The number of carbonyl (C=O) groups is 1. The topological polar surface area (TPSA) is 43.8 Å². The zero-order valence-electron chi connectivity index (χ0n) is 11.6. The summed E-state index contributed by atoms with van der Waals surface area (Å²) < 4.78 is 0. The fourth-order valence-corrected chi connectivity index (χ4v) is 3.32. The van der Waals surface area contributed by atoms with Crippen LogP contribution < -0.4 is 0 Å². The van der Waals surface area contributed by atoms with Crippen molar-refractivity contribution in [2.45, 2.75) is 63.6 Å². The number of rotatable bonds is 2. The Morgan fingerprint density at radius 1 is 1.22 bits per heavy atom. The normalized spacial score (nSPS) is 32.6. The predicted molar refractivity (Wildman–Crippen MR) is 71.3 cm³/mol. The van der Waals surface area contributed by atoms with Crippen molar-refractivity contribution in [2.24, 2.45) is 0 Å². The first-order valence-electron chi connectivity index (χ1n) is 7.28. The van der Waals surface area contributed by atoms with Gasteiger partial charge in [-0.15, -0.1) is 0 Å². The van der Waals surface area contributed by atoms with Crippen molar-refractivity contribution in [3.05, 3.63) is 0 Å². The van der Waals surface area contributed by atoms with Gasteiger partial charge in [-0.05, 0) is 19.8 Å². The molecule has 1 heterocycles. The lowest BCUT2D eigenvalue weighted by molar-refractivity contribution is -0.147. The van der Waals surface area contributed by atoms with Crippen LogP contribution in [0.5, 0.6) is 0 Å². The number of nitrogens with zero attached hydrogens (tertiary/aromatic N) is 2. The Morgan fingerprint density at radius 2 is 1.83 bits per heavy atom. The van der Waals surface area contributed by atoms with E-state index in [0.29, 0.717) is 6.04 Å². The molecule has 2 rings (SSSR count). The average Bonchev–Trinajstić information content (AvgIpc) is 2.64. The molecule has 2 aliphatic rings. The Balaban J connectivity index is 2.10. The van der Waals surface area contributed by atoms with Crippen LogP contribution in [0, 0.1) is 0 Å². The Labute approximate surface area is 110 Å². The molecule has 1 aliphatic heterocycles. The highest BCUT2D eigenvalue weighted by Crippen LogP contribution is 2.26. The monoisotopic (exact) mass is 254 g/mol. The second kappa shape index (κ2) is 6.02. The van der Waals surface area contributed by atoms with Gasteiger partial charge in [0.15, 0.2) is 0 Å². The fourth-order valence-electron chi connectivity index (χ4n) is 3.32. The van der Waals surface area contributed by atoms with Gasteiger partial charge in [-0.25, -0.2) is 0 Å². The summed E-state index contributed by atoms with van der Waals surface area (Å²) in [6, 6.07) is 0.433. The zero-order valence-corrected chi connectivity index (χ0v) is 11.6. The van der Waals surface area contributed by atoms with E-state index in [4.69, 9.17) is 0 Å². The number of aliphatic hydroxyl groups is 1. The molecule has 1 amide bonds.